The average molecular weight is 678 g/mol. The van der Waals surface area contributed by atoms with Crippen molar-refractivity contribution in [2.75, 3.05) is 4.90 Å². The minimum Gasteiger partial charge on any atom is -0.455 e. The monoisotopic (exact) mass is 677 g/mol. The highest BCUT2D eigenvalue weighted by atomic mass is 16.3. The van der Waals surface area contributed by atoms with Crippen LogP contribution in [0.1, 0.15) is 0 Å². The molecule has 0 fully saturated rings. The number of hydrogen-bond donors (Lipinski definition) is 0. The third-order valence-electron chi connectivity index (χ3n) is 10.6. The molecule has 0 saturated heterocycles. The minimum absolute atomic E-state index is 0.868. The molecule has 0 saturated carbocycles. The highest BCUT2D eigenvalue weighted by Crippen LogP contribution is 2.42. The molecule has 53 heavy (non-hydrogen) atoms. The molecule has 0 unspecified atom stereocenters. The Kier molecular flexibility index (Phi) is 6.55. The summed E-state index contributed by atoms with van der Waals surface area (Å²) in [6.45, 7) is 0. The van der Waals surface area contributed by atoms with E-state index in [-0.39, 0.29) is 0 Å². The van der Waals surface area contributed by atoms with Crippen LogP contribution in [0.15, 0.2) is 197 Å². The molecule has 2 heterocycles. The first-order valence-corrected chi connectivity index (χ1v) is 18.0. The lowest BCUT2D eigenvalue weighted by molar-refractivity contribution is 0.670. The van der Waals surface area contributed by atoms with Crippen LogP contribution >= 0.6 is 0 Å². The van der Waals surface area contributed by atoms with Crippen LogP contribution in [0.25, 0.3) is 87.7 Å². The maximum Gasteiger partial charge on any atom is 0.143 e. The summed E-state index contributed by atoms with van der Waals surface area (Å²) < 4.78 is 13.1. The first kappa shape index (κ1) is 29.6. The van der Waals surface area contributed by atoms with Crippen LogP contribution in [-0.4, -0.2) is 0 Å². The van der Waals surface area contributed by atoms with Gasteiger partial charge >= 0.3 is 0 Å². The van der Waals surface area contributed by atoms with E-state index in [1.54, 1.807) is 0 Å². The van der Waals surface area contributed by atoms with Crippen molar-refractivity contribution in [1.29, 1.82) is 0 Å². The summed E-state index contributed by atoms with van der Waals surface area (Å²) in [6.07, 6.45) is 0. The molecule has 0 N–H and O–H groups in total. The van der Waals surface area contributed by atoms with Crippen molar-refractivity contribution in [3.05, 3.63) is 188 Å². The van der Waals surface area contributed by atoms with Gasteiger partial charge in [-0.05, 0) is 87.4 Å². The molecule has 11 rings (SSSR count). The predicted octanol–water partition coefficient (Wildman–Crippen LogP) is 14.6. The fourth-order valence-corrected chi connectivity index (χ4v) is 8.02. The Bertz CT molecular complexity index is 3170. The van der Waals surface area contributed by atoms with Gasteiger partial charge in [0.05, 0.1) is 0 Å². The molecule has 0 aliphatic heterocycles. The highest BCUT2D eigenvalue weighted by Gasteiger charge is 2.18. The van der Waals surface area contributed by atoms with Gasteiger partial charge in [-0.3, -0.25) is 0 Å². The molecule has 0 aliphatic carbocycles. The van der Waals surface area contributed by atoms with Gasteiger partial charge in [-0.2, -0.15) is 0 Å². The quantitative estimate of drug-likeness (QED) is 0.182. The van der Waals surface area contributed by atoms with Crippen molar-refractivity contribution < 1.29 is 8.83 Å². The lowest BCUT2D eigenvalue weighted by atomic mass is 10.00. The van der Waals surface area contributed by atoms with Crippen LogP contribution in [-0.2, 0) is 0 Å². The van der Waals surface area contributed by atoms with Gasteiger partial charge in [0.1, 0.15) is 22.3 Å². The molecule has 3 nitrogen and oxygen atoms in total. The molecule has 0 amide bonds. The molecular formula is C50H31NO2. The molecular weight excluding hydrogens is 647 g/mol. The number of rotatable bonds is 5. The van der Waals surface area contributed by atoms with Crippen LogP contribution in [0.4, 0.5) is 17.1 Å². The summed E-state index contributed by atoms with van der Waals surface area (Å²) in [6, 6.07) is 66.7. The molecule has 0 spiro atoms. The smallest absolute Gasteiger partial charge is 0.143 e. The van der Waals surface area contributed by atoms with Crippen LogP contribution < -0.4 is 4.90 Å². The summed E-state index contributed by atoms with van der Waals surface area (Å²) in [4.78, 5) is 2.32. The zero-order valence-corrected chi connectivity index (χ0v) is 28.7. The molecule has 9 aromatic carbocycles. The molecule has 0 aliphatic rings. The van der Waals surface area contributed by atoms with E-state index in [0.717, 1.165) is 88.6 Å². The number of furan rings is 2. The standard InChI is InChI=1S/C50H31NO2/c1-2-10-34(11-3-1)42-15-8-16-44-46-30-37(21-28-47(46)52-49(42)44)33-17-22-38(23-18-33)51(39-24-19-32-9-4-5-13-36(32)29-39)40-25-27-43-45-26-20-35-12-6-7-14-41(35)50(45)53-48(43)31-40/h1-31H. The molecule has 2 aromatic heterocycles. The Labute approximate surface area is 305 Å². The topological polar surface area (TPSA) is 29.5 Å². The molecule has 0 atom stereocenters. The van der Waals surface area contributed by atoms with E-state index < -0.39 is 0 Å². The number of hydrogen-bond acceptors (Lipinski definition) is 3. The Morgan fingerprint density at radius 3 is 1.83 bits per heavy atom. The van der Waals surface area contributed by atoms with Gasteiger partial charge in [0.2, 0.25) is 0 Å². The van der Waals surface area contributed by atoms with Gasteiger partial charge in [0.25, 0.3) is 0 Å². The van der Waals surface area contributed by atoms with Crippen LogP contribution in [0.3, 0.4) is 0 Å². The van der Waals surface area contributed by atoms with Crippen molar-refractivity contribution in [1.82, 2.24) is 0 Å². The predicted molar refractivity (Wildman–Crippen MR) is 222 cm³/mol. The summed E-state index contributed by atoms with van der Waals surface area (Å²) in [7, 11) is 0. The van der Waals surface area contributed by atoms with Gasteiger partial charge in [-0.15, -0.1) is 0 Å². The van der Waals surface area contributed by atoms with E-state index in [2.05, 4.69) is 187 Å². The average Bonchev–Trinajstić information content (AvgIpc) is 3.79. The summed E-state index contributed by atoms with van der Waals surface area (Å²) >= 11 is 0. The Hall–Kier alpha value is -7.10. The third kappa shape index (κ3) is 4.82. The zero-order valence-electron chi connectivity index (χ0n) is 28.7. The third-order valence-corrected chi connectivity index (χ3v) is 10.6. The number of nitrogens with zero attached hydrogens (tertiary/aromatic N) is 1. The van der Waals surface area contributed by atoms with E-state index in [9.17, 15) is 0 Å². The van der Waals surface area contributed by atoms with E-state index >= 15 is 0 Å². The van der Waals surface area contributed by atoms with E-state index in [1.807, 2.05) is 6.07 Å². The molecule has 0 bridgehead atoms. The fraction of sp³-hybridized carbons (Fsp3) is 0. The largest absolute Gasteiger partial charge is 0.455 e. The van der Waals surface area contributed by atoms with Crippen molar-refractivity contribution in [3.8, 4) is 22.3 Å². The SMILES string of the molecule is c1ccc(-c2cccc3c2oc2ccc(-c4ccc(N(c5ccc6ccccc6c5)c5ccc6c(c5)oc5c7ccccc7ccc65)cc4)cc23)cc1. The molecule has 11 aromatic rings. The molecule has 3 heteroatoms. The lowest BCUT2D eigenvalue weighted by Gasteiger charge is -2.26. The van der Waals surface area contributed by atoms with E-state index in [1.165, 1.54) is 16.2 Å². The zero-order chi connectivity index (χ0) is 34.9. The Balaban J connectivity index is 1.02. The number of fused-ring (bicyclic) bond motifs is 9. The van der Waals surface area contributed by atoms with Crippen LogP contribution in [0.2, 0.25) is 0 Å². The number of benzene rings is 9. The van der Waals surface area contributed by atoms with E-state index in [0.29, 0.717) is 0 Å². The number of anilines is 3. The van der Waals surface area contributed by atoms with Crippen molar-refractivity contribution in [2.24, 2.45) is 0 Å². The lowest BCUT2D eigenvalue weighted by Crippen LogP contribution is -2.09. The summed E-state index contributed by atoms with van der Waals surface area (Å²) in [5.74, 6) is 0. The second-order valence-corrected chi connectivity index (χ2v) is 13.7. The van der Waals surface area contributed by atoms with Gasteiger partial charge < -0.3 is 13.7 Å². The Morgan fingerprint density at radius 2 is 0.943 bits per heavy atom. The second-order valence-electron chi connectivity index (χ2n) is 13.7. The normalized spacial score (nSPS) is 11.8. The van der Waals surface area contributed by atoms with Crippen LogP contribution in [0.5, 0.6) is 0 Å². The highest BCUT2D eigenvalue weighted by molar-refractivity contribution is 6.15. The molecule has 248 valence electrons. The fourth-order valence-electron chi connectivity index (χ4n) is 8.02. The van der Waals surface area contributed by atoms with Gasteiger partial charge in [-0.25, -0.2) is 0 Å². The van der Waals surface area contributed by atoms with E-state index in [4.69, 9.17) is 8.83 Å². The second kappa shape index (κ2) is 11.7. The maximum atomic E-state index is 6.63. The van der Waals surface area contributed by atoms with Gasteiger partial charge in [-0.1, -0.05) is 127 Å². The minimum atomic E-state index is 0.868. The van der Waals surface area contributed by atoms with Gasteiger partial charge in [0, 0.05) is 55.6 Å². The Morgan fingerprint density at radius 1 is 0.302 bits per heavy atom. The first-order valence-electron chi connectivity index (χ1n) is 18.0. The summed E-state index contributed by atoms with van der Waals surface area (Å²) in [5.41, 5.74) is 11.3. The summed E-state index contributed by atoms with van der Waals surface area (Å²) in [5, 5.41) is 9.19. The van der Waals surface area contributed by atoms with Crippen molar-refractivity contribution in [2.45, 2.75) is 0 Å². The molecule has 0 radical (unpaired) electrons. The van der Waals surface area contributed by atoms with Crippen molar-refractivity contribution >= 4 is 82.5 Å². The number of para-hydroxylation sites is 1. The van der Waals surface area contributed by atoms with Gasteiger partial charge in [0.15, 0.2) is 0 Å². The van der Waals surface area contributed by atoms with Crippen LogP contribution in [0, 0.1) is 0 Å². The van der Waals surface area contributed by atoms with Crippen molar-refractivity contribution in [3.63, 3.8) is 0 Å². The maximum absolute atomic E-state index is 6.63. The first-order chi connectivity index (χ1) is 26.2.